The molecule has 2 aromatic carbocycles. The quantitative estimate of drug-likeness (QED) is 0.415. The number of aryl methyl sites for hydroxylation is 4. The zero-order chi connectivity index (χ0) is 30.2. The molecule has 11 nitrogen and oxygen atoms in total. The highest BCUT2D eigenvalue weighted by molar-refractivity contribution is 7.80. The number of aromatic nitrogens is 2. The van der Waals surface area contributed by atoms with Gasteiger partial charge in [-0.3, -0.25) is 14.2 Å². The lowest BCUT2D eigenvalue weighted by atomic mass is 9.91. The van der Waals surface area contributed by atoms with Gasteiger partial charge in [-0.15, -0.1) is 0 Å². The van der Waals surface area contributed by atoms with Crippen LogP contribution in [0.3, 0.4) is 0 Å². The number of fused-ring (bicyclic) bond motifs is 1. The maximum Gasteiger partial charge on any atom is 0.400 e. The van der Waals surface area contributed by atoms with Crippen molar-refractivity contribution in [1.82, 2.24) is 15.1 Å². The van der Waals surface area contributed by atoms with Gasteiger partial charge in [0, 0.05) is 55.6 Å². The Labute approximate surface area is 249 Å². The van der Waals surface area contributed by atoms with Crippen molar-refractivity contribution in [2.45, 2.75) is 65.3 Å². The predicted molar refractivity (Wildman–Crippen MR) is 159 cm³/mol. The second-order valence-electron chi connectivity index (χ2n) is 11.6. The molecule has 226 valence electrons. The first-order valence-corrected chi connectivity index (χ1v) is 15.9. The topological polar surface area (TPSA) is 120 Å². The smallest absolute Gasteiger partial charge is 0.312 e. The normalized spacial score (nSPS) is 21.4. The fourth-order valence-electron chi connectivity index (χ4n) is 6.88. The van der Waals surface area contributed by atoms with Crippen molar-refractivity contribution in [2.75, 3.05) is 27.8 Å². The van der Waals surface area contributed by atoms with Crippen LogP contribution in [0.5, 0.6) is 0 Å². The average Bonchev–Trinajstić information content (AvgIpc) is 3.54. The highest BCUT2D eigenvalue weighted by Gasteiger charge is 2.40. The zero-order valence-corrected chi connectivity index (χ0v) is 25.0. The molecular weight excluding hydrogens is 575 g/mol. The zero-order valence-electron chi connectivity index (χ0n) is 24.2. The van der Waals surface area contributed by atoms with Gasteiger partial charge in [-0.25, -0.2) is 13.3 Å². The largest absolute Gasteiger partial charge is 0.400 e. The third kappa shape index (κ3) is 4.71. The van der Waals surface area contributed by atoms with Crippen molar-refractivity contribution >= 4 is 33.5 Å². The summed E-state index contributed by atoms with van der Waals surface area (Å²) in [6, 6.07) is 7.21. The molecule has 0 bridgehead atoms. The van der Waals surface area contributed by atoms with E-state index in [1.54, 1.807) is 52.9 Å². The first kappa shape index (κ1) is 28.0. The average molecular weight is 609 g/mol. The molecule has 0 saturated carbocycles. The van der Waals surface area contributed by atoms with E-state index >= 15 is 0 Å². The Balaban J connectivity index is 1.38. The molecule has 0 saturated heterocycles. The van der Waals surface area contributed by atoms with Gasteiger partial charge >= 0.3 is 10.4 Å². The molecule has 13 heteroatoms. The molecule has 0 radical (unpaired) electrons. The van der Waals surface area contributed by atoms with Gasteiger partial charge in [0.15, 0.2) is 0 Å². The van der Waals surface area contributed by atoms with E-state index in [1.807, 2.05) is 24.0 Å². The van der Waals surface area contributed by atoms with Gasteiger partial charge in [-0.1, -0.05) is 0 Å². The SMILES string of the molecule is Cc1cc(-n2nc3c(c2N2C=CN(c4cc5c6c(c4)CCC(=O)N6CCC5)[C@@H]2OS(=O)(=O)O)C(C)NCC3)cc(C)c1F. The van der Waals surface area contributed by atoms with Crippen LogP contribution in [0.2, 0.25) is 0 Å². The van der Waals surface area contributed by atoms with Crippen molar-refractivity contribution in [3.05, 3.63) is 76.0 Å². The van der Waals surface area contributed by atoms with Gasteiger partial charge in [0.2, 0.25) is 12.3 Å². The lowest BCUT2D eigenvalue weighted by molar-refractivity contribution is -0.119. The number of rotatable bonds is 5. The summed E-state index contributed by atoms with van der Waals surface area (Å²) in [7, 11) is -4.91. The van der Waals surface area contributed by atoms with Crippen molar-refractivity contribution in [3.63, 3.8) is 0 Å². The highest BCUT2D eigenvalue weighted by Crippen LogP contribution is 2.43. The first-order valence-electron chi connectivity index (χ1n) is 14.5. The lowest BCUT2D eigenvalue weighted by Gasteiger charge is -2.37. The molecule has 2 atom stereocenters. The van der Waals surface area contributed by atoms with Crippen LogP contribution in [0.15, 0.2) is 36.7 Å². The van der Waals surface area contributed by atoms with Gasteiger partial charge in [-0.2, -0.15) is 13.5 Å². The summed E-state index contributed by atoms with van der Waals surface area (Å²) in [6.45, 7) is 6.80. The van der Waals surface area contributed by atoms with Crippen LogP contribution in [-0.2, 0) is 38.6 Å². The number of hydrogen-bond donors (Lipinski definition) is 2. The minimum absolute atomic E-state index is 0.119. The molecule has 1 unspecified atom stereocenters. The molecule has 4 aliphatic heterocycles. The monoisotopic (exact) mass is 608 g/mol. The van der Waals surface area contributed by atoms with Crippen LogP contribution in [0, 0.1) is 19.7 Å². The molecule has 4 aliphatic rings. The molecule has 2 N–H and O–H groups in total. The molecule has 43 heavy (non-hydrogen) atoms. The van der Waals surface area contributed by atoms with Crippen LogP contribution in [-0.4, -0.2) is 48.1 Å². The summed E-state index contributed by atoms with van der Waals surface area (Å²) < 4.78 is 56.2. The third-order valence-electron chi connectivity index (χ3n) is 8.76. The Hall–Kier alpha value is -3.78. The number of nitrogens with zero attached hydrogens (tertiary/aromatic N) is 5. The molecule has 7 rings (SSSR count). The van der Waals surface area contributed by atoms with Crippen LogP contribution < -0.4 is 20.0 Å². The number of halogens is 1. The fourth-order valence-corrected chi connectivity index (χ4v) is 7.28. The summed E-state index contributed by atoms with van der Waals surface area (Å²) in [5.41, 5.74) is 6.89. The van der Waals surface area contributed by atoms with Crippen molar-refractivity contribution < 1.29 is 26.3 Å². The van der Waals surface area contributed by atoms with E-state index in [2.05, 4.69) is 5.32 Å². The molecule has 0 spiro atoms. The van der Waals surface area contributed by atoms with Crippen LogP contribution in [0.1, 0.15) is 59.3 Å². The molecule has 0 fully saturated rings. The van der Waals surface area contributed by atoms with Gasteiger partial charge in [0.05, 0.1) is 17.1 Å². The van der Waals surface area contributed by atoms with Gasteiger partial charge in [0.1, 0.15) is 11.6 Å². The summed E-state index contributed by atoms with van der Waals surface area (Å²) in [6.07, 6.45) is 5.37. The van der Waals surface area contributed by atoms with Crippen LogP contribution in [0.25, 0.3) is 5.69 Å². The number of benzene rings is 2. The highest BCUT2D eigenvalue weighted by atomic mass is 32.3. The van der Waals surface area contributed by atoms with E-state index in [0.717, 1.165) is 47.5 Å². The number of anilines is 3. The summed E-state index contributed by atoms with van der Waals surface area (Å²) >= 11 is 0. The van der Waals surface area contributed by atoms with E-state index in [9.17, 15) is 22.2 Å². The van der Waals surface area contributed by atoms with E-state index in [4.69, 9.17) is 9.28 Å². The Morgan fingerprint density at radius 3 is 2.42 bits per heavy atom. The Morgan fingerprint density at radius 1 is 1.00 bits per heavy atom. The summed E-state index contributed by atoms with van der Waals surface area (Å²) in [4.78, 5) is 17.7. The minimum atomic E-state index is -4.91. The standard InChI is InChI=1S/C30H33FN6O5S/c1-17-13-23(14-18(2)27(17)31)37-29(26-19(3)32-9-8-24(26)33-37)36-12-11-34(30(36)42-43(39,40)41)22-15-20-5-4-10-35-25(38)7-6-21(16-22)28(20)35/h11-16,19,30,32H,4-10H2,1-3H3,(H,39,40,41)/t19?,30-/m0/s1. The van der Waals surface area contributed by atoms with Gasteiger partial charge < -0.3 is 15.1 Å². The minimum Gasteiger partial charge on any atom is -0.312 e. The number of nitrogens with one attached hydrogen (secondary N) is 1. The van der Waals surface area contributed by atoms with Gasteiger partial charge in [0.25, 0.3) is 0 Å². The van der Waals surface area contributed by atoms with Crippen molar-refractivity contribution in [3.8, 4) is 5.69 Å². The van der Waals surface area contributed by atoms with Crippen LogP contribution >= 0.6 is 0 Å². The number of hydrogen-bond acceptors (Lipinski definition) is 8. The Morgan fingerprint density at radius 2 is 1.70 bits per heavy atom. The number of amides is 1. The van der Waals surface area contributed by atoms with E-state index in [1.165, 1.54) is 0 Å². The molecule has 0 aliphatic carbocycles. The predicted octanol–water partition coefficient (Wildman–Crippen LogP) is 3.96. The molecule has 5 heterocycles. The first-order chi connectivity index (χ1) is 20.5. The van der Waals surface area contributed by atoms with Crippen molar-refractivity contribution in [2.24, 2.45) is 0 Å². The molecule has 3 aromatic rings. The molecule has 1 aromatic heterocycles. The molecular formula is C30H33FN6O5S. The lowest BCUT2D eigenvalue weighted by Crippen LogP contribution is -2.44. The number of carbonyl (C=O) groups is 1. The maximum atomic E-state index is 14.6. The third-order valence-corrected chi connectivity index (χ3v) is 9.17. The second-order valence-corrected chi connectivity index (χ2v) is 12.7. The second kappa shape index (κ2) is 10.2. The van der Waals surface area contributed by atoms with Gasteiger partial charge in [-0.05, 0) is 86.6 Å². The van der Waals surface area contributed by atoms with E-state index < -0.39 is 16.8 Å². The van der Waals surface area contributed by atoms with E-state index in [0.29, 0.717) is 54.1 Å². The molecule has 1 amide bonds. The van der Waals surface area contributed by atoms with E-state index in [-0.39, 0.29) is 17.8 Å². The summed E-state index contributed by atoms with van der Waals surface area (Å²) in [5.74, 6) is 0.366. The van der Waals surface area contributed by atoms with Crippen molar-refractivity contribution in [1.29, 1.82) is 0 Å². The number of carbonyl (C=O) groups excluding carboxylic acids is 1. The maximum absolute atomic E-state index is 14.6. The van der Waals surface area contributed by atoms with Crippen LogP contribution in [0.4, 0.5) is 21.6 Å². The summed E-state index contributed by atoms with van der Waals surface area (Å²) in [5, 5.41) is 8.37. The Bertz CT molecular complexity index is 1760. The fraction of sp³-hybridized carbons (Fsp3) is 0.400. The Kier molecular flexibility index (Phi) is 6.61.